The minimum absolute atomic E-state index is 0.0149. The molecule has 0 amide bonds. The van der Waals surface area contributed by atoms with Gasteiger partial charge in [-0.15, -0.1) is 0 Å². The van der Waals surface area contributed by atoms with Crippen molar-refractivity contribution in [3.8, 4) is 11.5 Å². The molecule has 0 fully saturated rings. The zero-order valence-electron chi connectivity index (χ0n) is 10.9. The molecule has 6 heteroatoms. The van der Waals surface area contributed by atoms with Crippen molar-refractivity contribution < 1.29 is 19.6 Å². The Kier molecular flexibility index (Phi) is 3.06. The summed E-state index contributed by atoms with van der Waals surface area (Å²) in [4.78, 5) is 22.3. The highest BCUT2D eigenvalue weighted by molar-refractivity contribution is 6.02. The molecule has 6 nitrogen and oxygen atoms in total. The maximum Gasteiger partial charge on any atom is 0.269 e. The predicted molar refractivity (Wildman–Crippen MR) is 73.5 cm³/mol. The third kappa shape index (κ3) is 2.31. The van der Waals surface area contributed by atoms with E-state index < -0.39 is 11.0 Å². The van der Waals surface area contributed by atoms with Crippen LogP contribution in [0.5, 0.6) is 11.5 Å². The molecular weight excluding hydrogens is 274 g/mol. The van der Waals surface area contributed by atoms with Crippen LogP contribution in [-0.2, 0) is 0 Å². The molecule has 0 aromatic heterocycles. The number of benzene rings is 2. The summed E-state index contributed by atoms with van der Waals surface area (Å²) in [6, 6.07) is 10.5. The number of rotatable bonds is 2. The predicted octanol–water partition coefficient (Wildman–Crippen LogP) is 3.01. The number of fused-ring (bicyclic) bond motifs is 1. The lowest BCUT2D eigenvalue weighted by Gasteiger charge is -2.25. The maximum atomic E-state index is 12.1. The van der Waals surface area contributed by atoms with Crippen LogP contribution in [0.3, 0.4) is 0 Å². The topological polar surface area (TPSA) is 89.7 Å². The standard InChI is InChI=1S/C15H11NO5/c17-11-2-1-3-13-15(11)12(18)8-14(21-13)9-4-6-10(7-5-9)16(19)20/h1-7,14,17H,8H2. The smallest absolute Gasteiger partial charge is 0.269 e. The second-order valence-corrected chi connectivity index (χ2v) is 4.73. The van der Waals surface area contributed by atoms with Gasteiger partial charge in [-0.2, -0.15) is 0 Å². The average molecular weight is 285 g/mol. The van der Waals surface area contributed by atoms with Gasteiger partial charge in [0.15, 0.2) is 5.78 Å². The molecule has 106 valence electrons. The number of nitro groups is 1. The lowest BCUT2D eigenvalue weighted by atomic mass is 9.95. The van der Waals surface area contributed by atoms with Gasteiger partial charge < -0.3 is 9.84 Å². The SMILES string of the molecule is O=C1CC(c2ccc([N+](=O)[O-])cc2)Oc2cccc(O)c21. The quantitative estimate of drug-likeness (QED) is 0.676. The first-order chi connectivity index (χ1) is 10.1. The van der Waals surface area contributed by atoms with Crippen LogP contribution in [0.1, 0.15) is 28.4 Å². The molecule has 1 heterocycles. The van der Waals surface area contributed by atoms with Gasteiger partial charge in [0.25, 0.3) is 5.69 Å². The van der Waals surface area contributed by atoms with E-state index in [0.717, 1.165) is 0 Å². The number of phenols is 1. The Balaban J connectivity index is 1.92. The van der Waals surface area contributed by atoms with Crippen molar-refractivity contribution in [2.24, 2.45) is 0 Å². The molecule has 1 aliphatic heterocycles. The summed E-state index contributed by atoms with van der Waals surface area (Å²) in [5.41, 5.74) is 0.859. The highest BCUT2D eigenvalue weighted by atomic mass is 16.6. The van der Waals surface area contributed by atoms with Crippen LogP contribution in [0.4, 0.5) is 5.69 Å². The van der Waals surface area contributed by atoms with Crippen LogP contribution in [0, 0.1) is 10.1 Å². The summed E-state index contributed by atoms with van der Waals surface area (Å²) < 4.78 is 5.72. The highest BCUT2D eigenvalue weighted by Crippen LogP contribution is 2.39. The van der Waals surface area contributed by atoms with E-state index in [1.807, 2.05) is 0 Å². The number of ether oxygens (including phenoxy) is 1. The third-order valence-corrected chi connectivity index (χ3v) is 3.40. The Labute approximate surface area is 119 Å². The van der Waals surface area contributed by atoms with Crippen molar-refractivity contribution in [1.29, 1.82) is 0 Å². The number of hydrogen-bond acceptors (Lipinski definition) is 5. The lowest BCUT2D eigenvalue weighted by molar-refractivity contribution is -0.384. The van der Waals surface area contributed by atoms with Crippen LogP contribution in [0.25, 0.3) is 0 Å². The van der Waals surface area contributed by atoms with Crippen LogP contribution < -0.4 is 4.74 Å². The van der Waals surface area contributed by atoms with Gasteiger partial charge in [-0.3, -0.25) is 14.9 Å². The first-order valence-corrected chi connectivity index (χ1v) is 6.32. The molecule has 0 saturated heterocycles. The number of non-ortho nitro benzene ring substituents is 1. The van der Waals surface area contributed by atoms with Crippen LogP contribution in [0.2, 0.25) is 0 Å². The normalized spacial score (nSPS) is 17.0. The first-order valence-electron chi connectivity index (χ1n) is 6.32. The number of hydrogen-bond donors (Lipinski definition) is 1. The van der Waals surface area contributed by atoms with Gasteiger partial charge in [-0.25, -0.2) is 0 Å². The van der Waals surface area contributed by atoms with Gasteiger partial charge in [0, 0.05) is 12.1 Å². The maximum absolute atomic E-state index is 12.1. The van der Waals surface area contributed by atoms with E-state index in [0.29, 0.717) is 11.3 Å². The Bertz CT molecular complexity index is 723. The van der Waals surface area contributed by atoms with Crippen LogP contribution >= 0.6 is 0 Å². The highest BCUT2D eigenvalue weighted by Gasteiger charge is 2.30. The van der Waals surface area contributed by atoms with Gasteiger partial charge in [-0.05, 0) is 29.8 Å². The molecular formula is C15H11NO5. The van der Waals surface area contributed by atoms with Crippen molar-refractivity contribution in [1.82, 2.24) is 0 Å². The van der Waals surface area contributed by atoms with E-state index in [9.17, 15) is 20.0 Å². The third-order valence-electron chi connectivity index (χ3n) is 3.40. The van der Waals surface area contributed by atoms with E-state index in [4.69, 9.17) is 4.74 Å². The molecule has 2 aromatic carbocycles. The summed E-state index contributed by atoms with van der Waals surface area (Å²) in [5, 5.41) is 20.3. The van der Waals surface area contributed by atoms with Gasteiger partial charge in [0.2, 0.25) is 0 Å². The summed E-state index contributed by atoms with van der Waals surface area (Å²) >= 11 is 0. The number of carbonyl (C=O) groups excluding carboxylic acids is 1. The zero-order valence-corrected chi connectivity index (χ0v) is 10.9. The molecule has 0 spiro atoms. The number of ketones is 1. The van der Waals surface area contributed by atoms with Crippen molar-refractivity contribution in [2.75, 3.05) is 0 Å². The lowest BCUT2D eigenvalue weighted by Crippen LogP contribution is -2.20. The molecule has 2 aromatic rings. The van der Waals surface area contributed by atoms with E-state index in [-0.39, 0.29) is 29.2 Å². The van der Waals surface area contributed by atoms with Crippen LogP contribution in [-0.4, -0.2) is 15.8 Å². The Morgan fingerprint density at radius 2 is 1.90 bits per heavy atom. The fourth-order valence-electron chi connectivity index (χ4n) is 2.36. The summed E-state index contributed by atoms with van der Waals surface area (Å²) in [5.74, 6) is 0.0203. The number of nitrogens with zero attached hydrogens (tertiary/aromatic N) is 1. The molecule has 1 atom stereocenters. The number of nitro benzene ring substituents is 1. The second kappa shape index (κ2) is 4.90. The molecule has 3 rings (SSSR count). The average Bonchev–Trinajstić information content (AvgIpc) is 2.47. The molecule has 1 aliphatic rings. The Hall–Kier alpha value is -2.89. The minimum Gasteiger partial charge on any atom is -0.507 e. The van der Waals surface area contributed by atoms with E-state index >= 15 is 0 Å². The zero-order chi connectivity index (χ0) is 15.0. The summed E-state index contributed by atoms with van der Waals surface area (Å²) in [6.45, 7) is 0. The molecule has 1 N–H and O–H groups in total. The Morgan fingerprint density at radius 3 is 2.57 bits per heavy atom. The monoisotopic (exact) mass is 285 g/mol. The summed E-state index contributed by atoms with van der Waals surface area (Å²) in [7, 11) is 0. The number of phenolic OH excluding ortho intramolecular Hbond substituents is 1. The largest absolute Gasteiger partial charge is 0.507 e. The van der Waals surface area contributed by atoms with Crippen LogP contribution in [0.15, 0.2) is 42.5 Å². The first kappa shape index (κ1) is 13.1. The van der Waals surface area contributed by atoms with Gasteiger partial charge in [0.1, 0.15) is 23.2 Å². The number of aromatic hydroxyl groups is 1. The molecule has 1 unspecified atom stereocenters. The number of Topliss-reactive ketones (excluding diaryl/α,β-unsaturated/α-hetero) is 1. The second-order valence-electron chi connectivity index (χ2n) is 4.73. The van der Waals surface area contributed by atoms with E-state index in [1.54, 1.807) is 24.3 Å². The van der Waals surface area contributed by atoms with Gasteiger partial charge >= 0.3 is 0 Å². The van der Waals surface area contributed by atoms with Crippen molar-refractivity contribution in [2.45, 2.75) is 12.5 Å². The minimum atomic E-state index is -0.507. The Morgan fingerprint density at radius 1 is 1.19 bits per heavy atom. The molecule has 0 radical (unpaired) electrons. The van der Waals surface area contributed by atoms with Crippen molar-refractivity contribution in [3.63, 3.8) is 0 Å². The van der Waals surface area contributed by atoms with Crippen molar-refractivity contribution >= 4 is 11.5 Å². The molecule has 0 bridgehead atoms. The fraction of sp³-hybridized carbons (Fsp3) is 0.133. The molecule has 21 heavy (non-hydrogen) atoms. The summed E-state index contributed by atoms with van der Waals surface area (Å²) in [6.07, 6.45) is -0.421. The molecule has 0 aliphatic carbocycles. The van der Waals surface area contributed by atoms with Crippen molar-refractivity contribution in [3.05, 3.63) is 63.7 Å². The number of carbonyl (C=O) groups is 1. The van der Waals surface area contributed by atoms with Gasteiger partial charge in [-0.1, -0.05) is 6.07 Å². The molecule has 0 saturated carbocycles. The fourth-order valence-corrected chi connectivity index (χ4v) is 2.36. The van der Waals surface area contributed by atoms with Gasteiger partial charge in [0.05, 0.1) is 11.3 Å². The van der Waals surface area contributed by atoms with E-state index in [1.165, 1.54) is 18.2 Å². The van der Waals surface area contributed by atoms with E-state index in [2.05, 4.69) is 0 Å².